The first-order valence-corrected chi connectivity index (χ1v) is 9.12. The number of likely N-dealkylation sites (tertiary alicyclic amines) is 1. The van der Waals surface area contributed by atoms with Crippen LogP contribution in [0.2, 0.25) is 0 Å². The van der Waals surface area contributed by atoms with E-state index in [0.717, 1.165) is 48.6 Å². The van der Waals surface area contributed by atoms with Crippen LogP contribution < -0.4 is 5.32 Å². The van der Waals surface area contributed by atoms with Gasteiger partial charge in [0.2, 0.25) is 0 Å². The molecule has 1 saturated heterocycles. The Morgan fingerprint density at radius 3 is 2.96 bits per heavy atom. The van der Waals surface area contributed by atoms with E-state index in [0.29, 0.717) is 0 Å². The van der Waals surface area contributed by atoms with Crippen LogP contribution in [-0.2, 0) is 13.6 Å². The molecular formula is C19H23N7O. The molecular weight excluding hydrogens is 342 g/mol. The molecule has 2 aromatic heterocycles. The molecule has 3 heterocycles. The molecule has 8 heteroatoms. The van der Waals surface area contributed by atoms with E-state index in [1.807, 2.05) is 58.6 Å². The standard InChI is InChI=1S/C19H23N7O/c1-14-16(18-23-20-13-24(18)2)7-3-8-17(14)22-19(27)26-11-4-6-15(26)12-25-10-5-9-21-25/h3,5,7-10,13,15H,4,6,11-12H2,1-2H3,(H,22,27). The first-order valence-electron chi connectivity index (χ1n) is 9.12. The van der Waals surface area contributed by atoms with Crippen molar-refractivity contribution in [2.24, 2.45) is 7.05 Å². The van der Waals surface area contributed by atoms with Crippen LogP contribution >= 0.6 is 0 Å². The van der Waals surface area contributed by atoms with Crippen LogP contribution in [-0.4, -0.2) is 48.1 Å². The third-order valence-corrected chi connectivity index (χ3v) is 5.12. The molecule has 0 saturated carbocycles. The van der Waals surface area contributed by atoms with E-state index < -0.39 is 0 Å². The van der Waals surface area contributed by atoms with Crippen LogP contribution in [0.15, 0.2) is 43.0 Å². The molecule has 4 rings (SSSR count). The zero-order valence-electron chi connectivity index (χ0n) is 15.5. The molecule has 1 aliphatic heterocycles. The molecule has 27 heavy (non-hydrogen) atoms. The van der Waals surface area contributed by atoms with E-state index in [2.05, 4.69) is 20.6 Å². The van der Waals surface area contributed by atoms with Crippen LogP contribution in [0.1, 0.15) is 18.4 Å². The predicted octanol–water partition coefficient (Wildman–Crippen LogP) is 2.68. The molecule has 3 aromatic rings. The van der Waals surface area contributed by atoms with E-state index in [9.17, 15) is 4.79 Å². The van der Waals surface area contributed by atoms with Gasteiger partial charge in [0.25, 0.3) is 0 Å². The minimum Gasteiger partial charge on any atom is -0.320 e. The van der Waals surface area contributed by atoms with Gasteiger partial charge in [-0.1, -0.05) is 12.1 Å². The van der Waals surface area contributed by atoms with E-state index in [-0.39, 0.29) is 12.1 Å². The zero-order chi connectivity index (χ0) is 18.8. The summed E-state index contributed by atoms with van der Waals surface area (Å²) in [4.78, 5) is 14.8. The Labute approximate surface area is 157 Å². The fourth-order valence-electron chi connectivity index (χ4n) is 3.64. The van der Waals surface area contributed by atoms with E-state index in [4.69, 9.17) is 0 Å². The van der Waals surface area contributed by atoms with Gasteiger partial charge in [0, 0.05) is 37.2 Å². The lowest BCUT2D eigenvalue weighted by molar-refractivity contribution is 0.199. The van der Waals surface area contributed by atoms with Crippen molar-refractivity contribution in [2.75, 3.05) is 11.9 Å². The number of benzene rings is 1. The van der Waals surface area contributed by atoms with Crippen molar-refractivity contribution in [1.82, 2.24) is 29.4 Å². The number of carbonyl (C=O) groups excluding carboxylic acids is 1. The number of carbonyl (C=O) groups is 1. The molecule has 0 aliphatic carbocycles. The average molecular weight is 365 g/mol. The maximum Gasteiger partial charge on any atom is 0.322 e. The summed E-state index contributed by atoms with van der Waals surface area (Å²) in [6, 6.07) is 7.84. The first kappa shape index (κ1) is 17.3. The van der Waals surface area contributed by atoms with Gasteiger partial charge < -0.3 is 14.8 Å². The summed E-state index contributed by atoms with van der Waals surface area (Å²) in [5, 5.41) is 15.5. The molecule has 1 N–H and O–H groups in total. The van der Waals surface area contributed by atoms with Crippen molar-refractivity contribution in [3.8, 4) is 11.4 Å². The van der Waals surface area contributed by atoms with Crippen LogP contribution in [0.5, 0.6) is 0 Å². The molecule has 2 amide bonds. The monoisotopic (exact) mass is 365 g/mol. The van der Waals surface area contributed by atoms with Gasteiger partial charge in [-0.05, 0) is 37.5 Å². The molecule has 8 nitrogen and oxygen atoms in total. The van der Waals surface area contributed by atoms with Gasteiger partial charge >= 0.3 is 6.03 Å². The number of nitrogens with one attached hydrogen (secondary N) is 1. The summed E-state index contributed by atoms with van der Waals surface area (Å²) in [6.45, 7) is 3.48. The number of amides is 2. The number of anilines is 1. The Kier molecular flexibility index (Phi) is 4.62. The van der Waals surface area contributed by atoms with Crippen molar-refractivity contribution in [3.05, 3.63) is 48.5 Å². The van der Waals surface area contributed by atoms with Crippen LogP contribution in [0.25, 0.3) is 11.4 Å². The fourth-order valence-corrected chi connectivity index (χ4v) is 3.64. The highest BCUT2D eigenvalue weighted by Crippen LogP contribution is 2.28. The Balaban J connectivity index is 1.52. The number of nitrogens with zero attached hydrogens (tertiary/aromatic N) is 6. The van der Waals surface area contributed by atoms with Crippen molar-refractivity contribution in [1.29, 1.82) is 0 Å². The number of aromatic nitrogens is 5. The molecule has 1 atom stereocenters. The highest BCUT2D eigenvalue weighted by Gasteiger charge is 2.29. The summed E-state index contributed by atoms with van der Waals surface area (Å²) in [5.74, 6) is 0.779. The summed E-state index contributed by atoms with van der Waals surface area (Å²) >= 11 is 0. The zero-order valence-corrected chi connectivity index (χ0v) is 15.5. The molecule has 0 spiro atoms. The highest BCUT2D eigenvalue weighted by molar-refractivity contribution is 5.91. The lowest BCUT2D eigenvalue weighted by Gasteiger charge is -2.25. The van der Waals surface area contributed by atoms with Gasteiger partial charge in [0.15, 0.2) is 5.82 Å². The summed E-state index contributed by atoms with van der Waals surface area (Å²) in [7, 11) is 1.91. The summed E-state index contributed by atoms with van der Waals surface area (Å²) in [6.07, 6.45) is 7.37. The smallest absolute Gasteiger partial charge is 0.320 e. The second-order valence-corrected chi connectivity index (χ2v) is 6.89. The number of hydrogen-bond acceptors (Lipinski definition) is 4. The van der Waals surface area contributed by atoms with Crippen LogP contribution in [0, 0.1) is 6.92 Å². The van der Waals surface area contributed by atoms with Crippen molar-refractivity contribution < 1.29 is 4.79 Å². The average Bonchev–Trinajstić information content (AvgIpc) is 3.40. The first-order chi connectivity index (χ1) is 13.1. The number of hydrogen-bond donors (Lipinski definition) is 1. The van der Waals surface area contributed by atoms with Crippen LogP contribution in [0.3, 0.4) is 0 Å². The third-order valence-electron chi connectivity index (χ3n) is 5.12. The van der Waals surface area contributed by atoms with Gasteiger partial charge in [-0.15, -0.1) is 10.2 Å². The van der Waals surface area contributed by atoms with Gasteiger partial charge in [0.05, 0.1) is 12.6 Å². The quantitative estimate of drug-likeness (QED) is 0.771. The van der Waals surface area contributed by atoms with E-state index in [1.165, 1.54) is 0 Å². The highest BCUT2D eigenvalue weighted by atomic mass is 16.2. The molecule has 1 aliphatic rings. The molecule has 140 valence electrons. The second kappa shape index (κ2) is 7.22. The second-order valence-electron chi connectivity index (χ2n) is 6.89. The Morgan fingerprint density at radius 1 is 1.33 bits per heavy atom. The summed E-state index contributed by atoms with van der Waals surface area (Å²) < 4.78 is 3.75. The minimum atomic E-state index is -0.0668. The largest absolute Gasteiger partial charge is 0.322 e. The lowest BCUT2D eigenvalue weighted by Crippen LogP contribution is -2.41. The molecule has 1 fully saturated rings. The molecule has 0 bridgehead atoms. The normalized spacial score (nSPS) is 16.7. The maximum atomic E-state index is 12.9. The van der Waals surface area contributed by atoms with Crippen molar-refractivity contribution in [2.45, 2.75) is 32.4 Å². The summed E-state index contributed by atoms with van der Waals surface area (Å²) in [5.41, 5.74) is 2.73. The lowest BCUT2D eigenvalue weighted by atomic mass is 10.1. The Hall–Kier alpha value is -3.16. The molecule has 1 unspecified atom stereocenters. The fraction of sp³-hybridized carbons (Fsp3) is 0.368. The Morgan fingerprint density at radius 2 is 2.22 bits per heavy atom. The predicted molar refractivity (Wildman–Crippen MR) is 102 cm³/mol. The molecule has 0 radical (unpaired) electrons. The SMILES string of the molecule is Cc1c(NC(=O)N2CCCC2Cn2cccn2)cccc1-c1nncn1C. The van der Waals surface area contributed by atoms with Gasteiger partial charge in [-0.2, -0.15) is 5.10 Å². The van der Waals surface area contributed by atoms with Gasteiger partial charge in [-0.25, -0.2) is 4.79 Å². The van der Waals surface area contributed by atoms with Gasteiger partial charge in [0.1, 0.15) is 6.33 Å². The third kappa shape index (κ3) is 3.42. The topological polar surface area (TPSA) is 80.9 Å². The van der Waals surface area contributed by atoms with Gasteiger partial charge in [-0.3, -0.25) is 4.68 Å². The van der Waals surface area contributed by atoms with Crippen LogP contribution in [0.4, 0.5) is 10.5 Å². The Bertz CT molecular complexity index is 931. The number of urea groups is 1. The van der Waals surface area contributed by atoms with Crippen molar-refractivity contribution >= 4 is 11.7 Å². The van der Waals surface area contributed by atoms with E-state index >= 15 is 0 Å². The van der Waals surface area contributed by atoms with Crippen molar-refractivity contribution in [3.63, 3.8) is 0 Å². The van der Waals surface area contributed by atoms with E-state index in [1.54, 1.807) is 12.5 Å². The number of rotatable bonds is 4. The maximum absolute atomic E-state index is 12.9. The number of aryl methyl sites for hydroxylation is 1. The minimum absolute atomic E-state index is 0.0668. The molecule has 1 aromatic carbocycles.